The molecule has 6 rings (SSSR count). The van der Waals surface area contributed by atoms with Gasteiger partial charge in [-0.2, -0.15) is 0 Å². The van der Waals surface area contributed by atoms with Gasteiger partial charge < -0.3 is 49.8 Å². The van der Waals surface area contributed by atoms with Crippen molar-refractivity contribution in [1.29, 1.82) is 0 Å². The number of benzene rings is 1. The third-order valence-corrected chi connectivity index (χ3v) is 12.1. The molecule has 0 spiro atoms. The molecule has 57 heavy (non-hydrogen) atoms. The Hall–Kier alpha value is -1.37. The number of hydrogen-bond acceptors (Lipinski definition) is 14. The average molecular weight is 1220 g/mol. The molecule has 2 saturated carbocycles. The number of fused-ring (bicyclic) bond motifs is 5. The number of nitrogens with one attached hydrogen (secondary N) is 1. The molecule has 3 fully saturated rings. The number of ketones is 1. The van der Waals surface area contributed by atoms with E-state index in [1.165, 1.54) is 50.5 Å². The Morgan fingerprint density at radius 2 is 1.65 bits per heavy atom. The van der Waals surface area contributed by atoms with Crippen LogP contribution in [0.25, 0.3) is 0 Å². The first-order valence-corrected chi connectivity index (χ1v) is 18.3. The molecule has 1 amide bonds. The number of rotatable bonds is 7. The first kappa shape index (κ1) is 48.3. The molecule has 17 heteroatoms. The zero-order valence-electron chi connectivity index (χ0n) is 33.0. The monoisotopic (exact) mass is 1220 g/mol. The maximum atomic E-state index is 14.7. The molecule has 2 heterocycles. The Bertz CT molecular complexity index is 1870. The van der Waals surface area contributed by atoms with Gasteiger partial charge in [-0.1, -0.05) is 38.1 Å². The molecule has 2 aromatic rings. The van der Waals surface area contributed by atoms with Crippen molar-refractivity contribution < 1.29 is 152 Å². The Labute approximate surface area is 402 Å². The maximum absolute atomic E-state index is 14.7. The van der Waals surface area contributed by atoms with Crippen LogP contribution in [-0.4, -0.2) is 114 Å². The van der Waals surface area contributed by atoms with E-state index in [0.717, 1.165) is 0 Å². The molecule has 6 N–H and O–H groups in total. The van der Waals surface area contributed by atoms with Gasteiger partial charge >= 0.3 is 18.0 Å². The van der Waals surface area contributed by atoms with Gasteiger partial charge in [-0.25, -0.2) is 14.4 Å². The summed E-state index contributed by atoms with van der Waals surface area (Å²) in [6.07, 6.45) is -8.60. The summed E-state index contributed by atoms with van der Waals surface area (Å²) < 4.78 is 23.1. The summed E-state index contributed by atoms with van der Waals surface area (Å²) >= 11 is 0. The second-order valence-electron chi connectivity index (χ2n) is 16.9. The van der Waals surface area contributed by atoms with Crippen molar-refractivity contribution in [3.05, 3.63) is 77.1 Å². The van der Waals surface area contributed by atoms with E-state index in [0.29, 0.717) is 0 Å². The summed E-state index contributed by atoms with van der Waals surface area (Å²) in [7, 11) is 0. The Morgan fingerprint density at radius 3 is 2.21 bits per heavy atom. The number of amides is 1. The number of aromatic nitrogens is 1. The number of esters is 2. The minimum atomic E-state index is -2.32. The molecule has 2 radical (unpaired) electrons. The summed E-state index contributed by atoms with van der Waals surface area (Å²) in [6.45, 7) is 10.6. The van der Waals surface area contributed by atoms with Crippen LogP contribution in [0.3, 0.4) is 0 Å². The van der Waals surface area contributed by atoms with E-state index in [2.05, 4.69) is 10.3 Å². The standard InChI is InChI=1S/C40H50N2O13.2Ac/c1-20-23(53-34(48)29(45)27(22-14-11-15-41-18-22)42-35(49)55-36(2,3)4)17-40(51)32(54-33(47)21-12-9-8-10-13-21)30-38(7,24(43)16-25-39(30,50)19-52-25)31(46)28(44)26(20)37(40,5)6;;/h8-15,18,23-25,27-30,32,43-45,50-51H,16-17,19H2,1-7H3,(H,42,49);;/t23?,24-,25+,27-,28+,29+,30-,32-,38+,39-,40+;;/m0../s1. The summed E-state index contributed by atoms with van der Waals surface area (Å²) in [4.78, 5) is 59.4. The average Bonchev–Trinajstić information content (AvgIpc) is 3.12. The number of carbonyl (C=O) groups is 4. The van der Waals surface area contributed by atoms with Crippen LogP contribution in [0.5, 0.6) is 0 Å². The summed E-state index contributed by atoms with van der Waals surface area (Å²) in [5.74, 6) is -4.60. The third kappa shape index (κ3) is 8.48. The molecule has 1 aromatic carbocycles. The van der Waals surface area contributed by atoms with Gasteiger partial charge in [0.25, 0.3) is 0 Å². The maximum Gasteiger partial charge on any atom is 0.408 e. The zero-order chi connectivity index (χ0) is 40.5. The van der Waals surface area contributed by atoms with Gasteiger partial charge in [0.1, 0.15) is 35.1 Å². The van der Waals surface area contributed by atoms with E-state index in [9.17, 15) is 44.7 Å². The molecule has 4 aliphatic rings. The predicted octanol–water partition coefficient (Wildman–Crippen LogP) is 2.08. The fourth-order valence-corrected chi connectivity index (χ4v) is 9.06. The number of pyridine rings is 1. The second kappa shape index (κ2) is 17.5. The number of Topliss-reactive ketones (excluding diaryl/α,β-unsaturated/α-hetero) is 1. The molecule has 1 aliphatic heterocycles. The normalized spacial score (nSPS) is 33.8. The first-order chi connectivity index (χ1) is 25.6. The van der Waals surface area contributed by atoms with Crippen molar-refractivity contribution >= 4 is 23.8 Å². The van der Waals surface area contributed by atoms with Gasteiger partial charge in [0.2, 0.25) is 0 Å². The van der Waals surface area contributed by atoms with Crippen LogP contribution in [0, 0.1) is 105 Å². The van der Waals surface area contributed by atoms with Crippen LogP contribution in [0.2, 0.25) is 0 Å². The number of nitrogens with zero attached hydrogens (tertiary/aromatic N) is 1. The number of carbonyl (C=O) groups excluding carboxylic acids is 4. The number of aliphatic hydroxyl groups is 5. The summed E-state index contributed by atoms with van der Waals surface area (Å²) in [6, 6.07) is 9.51. The molecular weight excluding hydrogens is 1170 g/mol. The minimum Gasteiger partial charge on any atom is -0.456 e. The van der Waals surface area contributed by atoms with Gasteiger partial charge in [0.15, 0.2) is 11.9 Å². The second-order valence-corrected chi connectivity index (χ2v) is 16.9. The molecule has 15 nitrogen and oxygen atoms in total. The van der Waals surface area contributed by atoms with Crippen molar-refractivity contribution in [3.63, 3.8) is 0 Å². The van der Waals surface area contributed by atoms with E-state index in [1.807, 2.05) is 0 Å². The molecule has 1 aromatic heterocycles. The van der Waals surface area contributed by atoms with Crippen LogP contribution in [0.15, 0.2) is 66.0 Å². The molecule has 3 aliphatic carbocycles. The fraction of sp³-hybridized carbons (Fsp3) is 0.575. The van der Waals surface area contributed by atoms with Crippen LogP contribution in [0.4, 0.5) is 4.79 Å². The molecule has 1 saturated heterocycles. The topological polar surface area (TPSA) is 231 Å². The van der Waals surface area contributed by atoms with Crippen molar-refractivity contribution in [1.82, 2.24) is 10.3 Å². The SMILES string of the molecule is CC1=C2[C@@H](O)C(=O)[C@@]3(C)[C@H]([C@H](OC(=O)c4ccccc4)[C@](O)(CC1OC(=O)[C@H](O)[C@@H](NC(=O)OC(C)(C)C)c1cccnc1)C2(C)C)[C@]1(O)CO[C@@H]1C[C@@H]3O.[Ac].[Ac]. The number of ether oxygens (including phenoxy) is 4. The van der Waals surface area contributed by atoms with E-state index in [4.69, 9.17) is 18.9 Å². The van der Waals surface area contributed by atoms with Gasteiger partial charge in [-0.05, 0) is 69.5 Å². The van der Waals surface area contributed by atoms with E-state index >= 15 is 0 Å². The number of aliphatic hydroxyl groups excluding tert-OH is 3. The third-order valence-electron chi connectivity index (χ3n) is 12.1. The quantitative estimate of drug-likeness (QED) is 0.133. The van der Waals surface area contributed by atoms with Crippen LogP contribution in [-0.2, 0) is 28.5 Å². The molecule has 2 bridgehead atoms. The smallest absolute Gasteiger partial charge is 0.408 e. The first-order valence-electron chi connectivity index (χ1n) is 18.3. The van der Waals surface area contributed by atoms with Crippen molar-refractivity contribution in [2.24, 2.45) is 16.7 Å². The van der Waals surface area contributed by atoms with Gasteiger partial charge in [0, 0.05) is 125 Å². The number of hydrogen-bond donors (Lipinski definition) is 6. The van der Waals surface area contributed by atoms with Crippen molar-refractivity contribution in [2.45, 2.75) is 121 Å². The fourth-order valence-electron chi connectivity index (χ4n) is 9.06. The Kier molecular flexibility index (Phi) is 14.9. The van der Waals surface area contributed by atoms with Crippen molar-refractivity contribution in [2.75, 3.05) is 6.61 Å². The van der Waals surface area contributed by atoms with Crippen LogP contribution >= 0.6 is 0 Å². The predicted molar refractivity (Wildman–Crippen MR) is 192 cm³/mol. The minimum absolute atomic E-state index is 0. The Balaban J connectivity index is 0.00000360. The molecule has 1 unspecified atom stereocenters. The molecule has 11 atom stereocenters. The number of alkyl carbamates (subject to hydrolysis) is 1. The Morgan fingerprint density at radius 1 is 1.00 bits per heavy atom. The van der Waals surface area contributed by atoms with Gasteiger partial charge in [-0.15, -0.1) is 0 Å². The zero-order valence-corrected chi connectivity index (χ0v) is 42.5. The largest absolute Gasteiger partial charge is 0.456 e. The molecular formula is C40H50Ac2N2O13. The van der Waals surface area contributed by atoms with Crippen molar-refractivity contribution in [3.8, 4) is 0 Å². The van der Waals surface area contributed by atoms with Gasteiger partial charge in [0.05, 0.1) is 35.8 Å². The molecule has 304 valence electrons. The van der Waals surface area contributed by atoms with Crippen LogP contribution in [0.1, 0.15) is 83.3 Å². The van der Waals surface area contributed by atoms with E-state index in [-0.39, 0.29) is 123 Å². The van der Waals surface area contributed by atoms with E-state index < -0.39 is 106 Å². The van der Waals surface area contributed by atoms with Crippen LogP contribution < -0.4 is 5.32 Å². The summed E-state index contributed by atoms with van der Waals surface area (Å²) in [5, 5.41) is 63.1. The van der Waals surface area contributed by atoms with E-state index in [1.54, 1.807) is 52.8 Å². The van der Waals surface area contributed by atoms with Gasteiger partial charge in [-0.3, -0.25) is 9.78 Å². The summed E-state index contributed by atoms with van der Waals surface area (Å²) in [5.41, 5.74) is -8.29.